The molecule has 18 heavy (non-hydrogen) atoms. The molecule has 98 valence electrons. The van der Waals surface area contributed by atoms with Gasteiger partial charge in [0.25, 0.3) is 0 Å². The van der Waals surface area contributed by atoms with Crippen LogP contribution in [0.1, 0.15) is 42.4 Å². The minimum absolute atomic E-state index is 0.540. The number of nitrogens with one attached hydrogen (secondary N) is 1. The normalized spacial score (nSPS) is 19.8. The van der Waals surface area contributed by atoms with Gasteiger partial charge in [0.1, 0.15) is 0 Å². The fraction of sp³-hybridized carbons (Fsp3) is 0.625. The van der Waals surface area contributed by atoms with Gasteiger partial charge in [-0.2, -0.15) is 0 Å². The van der Waals surface area contributed by atoms with Crippen LogP contribution in [0.15, 0.2) is 18.2 Å². The first kappa shape index (κ1) is 12.5. The minimum Gasteiger partial charge on any atom is -0.312 e. The van der Waals surface area contributed by atoms with Crippen LogP contribution in [0.3, 0.4) is 0 Å². The number of halogens is 1. The Hall–Kier alpha value is -0.530. The molecule has 0 aromatic heterocycles. The Morgan fingerprint density at radius 3 is 2.78 bits per heavy atom. The second-order valence-corrected chi connectivity index (χ2v) is 6.38. The number of rotatable bonds is 6. The maximum absolute atomic E-state index is 5.86. The van der Waals surface area contributed by atoms with Crippen LogP contribution in [0.4, 0.5) is 0 Å². The van der Waals surface area contributed by atoms with Gasteiger partial charge in [-0.05, 0) is 60.6 Å². The van der Waals surface area contributed by atoms with E-state index in [1.54, 1.807) is 11.1 Å². The Morgan fingerprint density at radius 1 is 1.17 bits per heavy atom. The van der Waals surface area contributed by atoms with Gasteiger partial charge >= 0.3 is 0 Å². The number of hydrogen-bond acceptors (Lipinski definition) is 1. The zero-order valence-electron chi connectivity index (χ0n) is 11.0. The topological polar surface area (TPSA) is 12.0 Å². The van der Waals surface area contributed by atoms with Crippen LogP contribution in [-0.4, -0.2) is 12.4 Å². The Balaban J connectivity index is 1.51. The molecule has 0 unspecified atom stereocenters. The van der Waals surface area contributed by atoms with Gasteiger partial charge < -0.3 is 5.32 Å². The summed E-state index contributed by atoms with van der Waals surface area (Å²) >= 11 is 5.86. The van der Waals surface area contributed by atoms with Crippen molar-refractivity contribution in [2.45, 2.75) is 45.1 Å². The zero-order chi connectivity index (χ0) is 12.4. The highest BCUT2D eigenvalue weighted by Crippen LogP contribution is 2.48. The Labute approximate surface area is 115 Å². The lowest BCUT2D eigenvalue weighted by molar-refractivity contribution is 0.445. The Bertz CT molecular complexity index is 423. The SMILES string of the molecule is ClCCC1(CNCc2ccc3c(c2)CCC3)CC1. The molecule has 1 nitrogen and oxygen atoms in total. The molecular formula is C16H22ClN. The highest BCUT2D eigenvalue weighted by atomic mass is 35.5. The van der Waals surface area contributed by atoms with E-state index in [4.69, 9.17) is 11.6 Å². The predicted molar refractivity (Wildman–Crippen MR) is 77.2 cm³/mol. The lowest BCUT2D eigenvalue weighted by Crippen LogP contribution is -2.24. The molecule has 2 heteroatoms. The van der Waals surface area contributed by atoms with Crippen molar-refractivity contribution in [1.29, 1.82) is 0 Å². The first-order chi connectivity index (χ1) is 8.81. The van der Waals surface area contributed by atoms with Crippen molar-refractivity contribution >= 4 is 11.6 Å². The Morgan fingerprint density at radius 2 is 2.00 bits per heavy atom. The predicted octanol–water partition coefficient (Wildman–Crippen LogP) is 3.67. The van der Waals surface area contributed by atoms with Gasteiger partial charge in [-0.3, -0.25) is 0 Å². The number of fused-ring (bicyclic) bond motifs is 1. The first-order valence-corrected chi connectivity index (χ1v) is 7.72. The zero-order valence-corrected chi connectivity index (χ0v) is 11.7. The van der Waals surface area contributed by atoms with E-state index in [2.05, 4.69) is 23.5 Å². The Kier molecular flexibility index (Phi) is 3.63. The summed E-state index contributed by atoms with van der Waals surface area (Å²) in [5, 5.41) is 3.62. The molecule has 0 aliphatic heterocycles. The monoisotopic (exact) mass is 263 g/mol. The second kappa shape index (κ2) is 5.22. The third-order valence-corrected chi connectivity index (χ3v) is 4.76. The summed E-state index contributed by atoms with van der Waals surface area (Å²) in [6, 6.07) is 7.01. The number of alkyl halides is 1. The number of aryl methyl sites for hydroxylation is 2. The van der Waals surface area contributed by atoms with Gasteiger partial charge in [0.2, 0.25) is 0 Å². The van der Waals surface area contributed by atoms with Crippen LogP contribution in [0.2, 0.25) is 0 Å². The summed E-state index contributed by atoms with van der Waals surface area (Å²) in [6.07, 6.45) is 7.78. The number of hydrogen-bond donors (Lipinski definition) is 1. The van der Waals surface area contributed by atoms with Crippen molar-refractivity contribution in [2.75, 3.05) is 12.4 Å². The molecule has 0 bridgehead atoms. The molecule has 1 saturated carbocycles. The van der Waals surface area contributed by atoms with Crippen LogP contribution in [0, 0.1) is 5.41 Å². The van der Waals surface area contributed by atoms with E-state index in [1.807, 2.05) is 0 Å². The highest BCUT2D eigenvalue weighted by molar-refractivity contribution is 6.17. The van der Waals surface area contributed by atoms with Crippen LogP contribution in [0.5, 0.6) is 0 Å². The smallest absolute Gasteiger partial charge is 0.0229 e. The average molecular weight is 264 g/mol. The molecular weight excluding hydrogens is 242 g/mol. The molecule has 0 radical (unpaired) electrons. The third kappa shape index (κ3) is 2.73. The quantitative estimate of drug-likeness (QED) is 0.772. The van der Waals surface area contributed by atoms with Crippen molar-refractivity contribution in [3.63, 3.8) is 0 Å². The largest absolute Gasteiger partial charge is 0.312 e. The van der Waals surface area contributed by atoms with E-state index in [0.29, 0.717) is 5.41 Å². The maximum atomic E-state index is 5.86. The lowest BCUT2D eigenvalue weighted by atomic mass is 10.0. The van der Waals surface area contributed by atoms with Crippen LogP contribution >= 0.6 is 11.6 Å². The summed E-state index contributed by atoms with van der Waals surface area (Å²) < 4.78 is 0. The van der Waals surface area contributed by atoms with E-state index in [9.17, 15) is 0 Å². The standard InChI is InChI=1S/C16H22ClN/c17-9-8-16(6-7-16)12-18-11-13-4-5-14-2-1-3-15(14)10-13/h4-5,10,18H,1-3,6-9,11-12H2. The van der Waals surface area contributed by atoms with Crippen LogP contribution in [-0.2, 0) is 19.4 Å². The van der Waals surface area contributed by atoms with Crippen LogP contribution in [0.25, 0.3) is 0 Å². The maximum Gasteiger partial charge on any atom is 0.0229 e. The molecule has 2 aliphatic carbocycles. The van der Waals surface area contributed by atoms with E-state index in [-0.39, 0.29) is 0 Å². The van der Waals surface area contributed by atoms with Crippen LogP contribution < -0.4 is 5.32 Å². The molecule has 0 amide bonds. The molecule has 1 aromatic carbocycles. The molecule has 0 saturated heterocycles. The van der Waals surface area contributed by atoms with Crippen molar-refractivity contribution in [2.24, 2.45) is 5.41 Å². The van der Waals surface area contributed by atoms with Gasteiger partial charge in [0.15, 0.2) is 0 Å². The minimum atomic E-state index is 0.540. The van der Waals surface area contributed by atoms with E-state index in [1.165, 1.54) is 44.1 Å². The van der Waals surface area contributed by atoms with Crippen molar-refractivity contribution in [3.8, 4) is 0 Å². The van der Waals surface area contributed by atoms with Crippen molar-refractivity contribution in [3.05, 3.63) is 34.9 Å². The lowest BCUT2D eigenvalue weighted by Gasteiger charge is -2.14. The molecule has 1 fully saturated rings. The molecule has 2 aliphatic rings. The summed E-state index contributed by atoms with van der Waals surface area (Å²) in [5.74, 6) is 0.806. The summed E-state index contributed by atoms with van der Waals surface area (Å²) in [7, 11) is 0. The third-order valence-electron chi connectivity index (χ3n) is 4.57. The fourth-order valence-corrected chi connectivity index (χ4v) is 3.50. The van der Waals surface area contributed by atoms with Gasteiger partial charge in [-0.25, -0.2) is 0 Å². The van der Waals surface area contributed by atoms with Gasteiger partial charge in [0, 0.05) is 19.0 Å². The molecule has 1 N–H and O–H groups in total. The summed E-state index contributed by atoms with van der Waals surface area (Å²) in [6.45, 7) is 2.15. The highest BCUT2D eigenvalue weighted by Gasteiger charge is 2.40. The molecule has 0 spiro atoms. The second-order valence-electron chi connectivity index (χ2n) is 6.00. The average Bonchev–Trinajstić information content (AvgIpc) is 2.97. The van der Waals surface area contributed by atoms with Gasteiger partial charge in [0.05, 0.1) is 0 Å². The van der Waals surface area contributed by atoms with E-state index >= 15 is 0 Å². The first-order valence-electron chi connectivity index (χ1n) is 7.19. The van der Waals surface area contributed by atoms with Gasteiger partial charge in [-0.15, -0.1) is 11.6 Å². The fourth-order valence-electron chi connectivity index (χ4n) is 3.10. The molecule has 1 aromatic rings. The molecule has 3 rings (SSSR count). The molecule has 0 atom stereocenters. The van der Waals surface area contributed by atoms with Crippen molar-refractivity contribution in [1.82, 2.24) is 5.32 Å². The summed E-state index contributed by atoms with van der Waals surface area (Å²) in [5.41, 5.74) is 5.13. The van der Waals surface area contributed by atoms with Gasteiger partial charge in [-0.1, -0.05) is 18.2 Å². The van der Waals surface area contributed by atoms with E-state index < -0.39 is 0 Å². The van der Waals surface area contributed by atoms with Crippen molar-refractivity contribution < 1.29 is 0 Å². The summed E-state index contributed by atoms with van der Waals surface area (Å²) in [4.78, 5) is 0. The number of benzene rings is 1. The molecule has 0 heterocycles. The van der Waals surface area contributed by atoms with E-state index in [0.717, 1.165) is 19.0 Å².